The molecule has 1 aliphatic heterocycles. The van der Waals surface area contributed by atoms with Gasteiger partial charge in [0.2, 0.25) is 11.8 Å². The molecule has 0 radical (unpaired) electrons. The number of nitrogens with one attached hydrogen (secondary N) is 2. The highest BCUT2D eigenvalue weighted by Gasteiger charge is 2.73. The van der Waals surface area contributed by atoms with Gasteiger partial charge in [-0.1, -0.05) is 50.3 Å². The van der Waals surface area contributed by atoms with E-state index in [-0.39, 0.29) is 41.5 Å². The molecule has 3 aliphatic carbocycles. The van der Waals surface area contributed by atoms with Gasteiger partial charge in [0.25, 0.3) is 5.54 Å². The molecule has 1 heterocycles. The van der Waals surface area contributed by atoms with Gasteiger partial charge in [-0.2, -0.15) is 26.3 Å². The second-order valence-corrected chi connectivity index (χ2v) is 12.0. The Balaban J connectivity index is 1.45. The Morgan fingerprint density at radius 2 is 1.58 bits per heavy atom. The fourth-order valence-corrected chi connectivity index (χ4v) is 8.43. The summed E-state index contributed by atoms with van der Waals surface area (Å²) in [6.07, 6.45) is -4.51. The van der Waals surface area contributed by atoms with Crippen LogP contribution in [0.15, 0.2) is 42.5 Å². The molecular weight excluding hydrogens is 510 g/mol. The Bertz CT molecular complexity index is 1120. The summed E-state index contributed by atoms with van der Waals surface area (Å²) in [5.41, 5.74) is -6.54. The maximum atomic E-state index is 14.3. The zero-order valence-corrected chi connectivity index (χ0v) is 21.3. The first-order valence-corrected chi connectivity index (χ1v) is 13.2. The van der Waals surface area contributed by atoms with Crippen molar-refractivity contribution < 1.29 is 35.9 Å². The van der Waals surface area contributed by atoms with E-state index in [0.29, 0.717) is 19.3 Å². The second kappa shape index (κ2) is 8.74. The molecule has 7 unspecified atom stereocenters. The predicted octanol–water partition coefficient (Wildman–Crippen LogP) is 6.04. The van der Waals surface area contributed by atoms with Crippen LogP contribution in [0, 0.1) is 34.5 Å². The van der Waals surface area contributed by atoms with Gasteiger partial charge in [0.15, 0.2) is 0 Å². The van der Waals surface area contributed by atoms with E-state index in [9.17, 15) is 35.9 Å². The summed E-state index contributed by atoms with van der Waals surface area (Å²) in [7, 11) is 0. The standard InChI is InChI=1S/C28H32F6N2O2/c1-24-14-12-19-17(8-11-21-25(19,2)15-13-22(37)35-21)18(24)9-10-20(24)23(38)36-26(27(29,30)31,28(32,33)34)16-6-4-3-5-7-16/h3-7,13,15,17-21H,8-12,14H2,1-2H3,(H,35,37)(H,36,38). The lowest BCUT2D eigenvalue weighted by molar-refractivity contribution is -0.312. The molecule has 0 saturated heterocycles. The third-order valence-corrected chi connectivity index (χ3v) is 10.4. The van der Waals surface area contributed by atoms with Crippen LogP contribution < -0.4 is 10.6 Å². The van der Waals surface area contributed by atoms with Crippen LogP contribution in [0.1, 0.15) is 57.9 Å². The van der Waals surface area contributed by atoms with Gasteiger partial charge in [0.1, 0.15) is 0 Å². The average molecular weight is 543 g/mol. The maximum absolute atomic E-state index is 14.3. The molecule has 10 heteroatoms. The van der Waals surface area contributed by atoms with E-state index < -0.39 is 40.7 Å². The number of fused-ring (bicyclic) bond motifs is 5. The number of amides is 2. The number of alkyl halides is 6. The lowest BCUT2D eigenvalue weighted by Gasteiger charge is -2.58. The summed E-state index contributed by atoms with van der Waals surface area (Å²) >= 11 is 0. The predicted molar refractivity (Wildman–Crippen MR) is 127 cm³/mol. The number of benzene rings is 1. The van der Waals surface area contributed by atoms with E-state index >= 15 is 0 Å². The number of hydrogen-bond donors (Lipinski definition) is 2. The van der Waals surface area contributed by atoms with Gasteiger partial charge in [-0.3, -0.25) is 9.59 Å². The highest BCUT2D eigenvalue weighted by molar-refractivity contribution is 5.89. The zero-order valence-electron chi connectivity index (χ0n) is 21.3. The van der Waals surface area contributed by atoms with E-state index in [2.05, 4.69) is 12.2 Å². The molecular formula is C28H32F6N2O2. The summed E-state index contributed by atoms with van der Waals surface area (Å²) < 4.78 is 85.9. The number of halogens is 6. The van der Waals surface area contributed by atoms with Gasteiger partial charge < -0.3 is 10.6 Å². The molecule has 7 atom stereocenters. The summed E-state index contributed by atoms with van der Waals surface area (Å²) in [4.78, 5) is 25.4. The first-order valence-electron chi connectivity index (χ1n) is 13.2. The molecule has 0 bridgehead atoms. The lowest BCUT2D eigenvalue weighted by Crippen LogP contribution is -2.66. The van der Waals surface area contributed by atoms with Gasteiger partial charge in [-0.25, -0.2) is 0 Å². The molecule has 0 aromatic heterocycles. The first kappa shape index (κ1) is 27.1. The average Bonchev–Trinajstić information content (AvgIpc) is 3.19. The number of carbonyl (C=O) groups is 2. The van der Waals surface area contributed by atoms with Crippen molar-refractivity contribution in [1.82, 2.24) is 10.6 Å². The van der Waals surface area contributed by atoms with Crippen molar-refractivity contribution in [2.24, 2.45) is 34.5 Å². The smallest absolute Gasteiger partial charge is 0.349 e. The molecule has 1 aromatic carbocycles. The van der Waals surface area contributed by atoms with Gasteiger partial charge >= 0.3 is 12.4 Å². The van der Waals surface area contributed by atoms with E-state index in [0.717, 1.165) is 37.1 Å². The molecule has 3 fully saturated rings. The molecule has 38 heavy (non-hydrogen) atoms. The van der Waals surface area contributed by atoms with Crippen molar-refractivity contribution >= 4 is 11.8 Å². The fraction of sp³-hybridized carbons (Fsp3) is 0.643. The van der Waals surface area contributed by atoms with Gasteiger partial charge in [-0.05, 0) is 73.3 Å². The minimum atomic E-state index is -5.80. The number of carbonyl (C=O) groups excluding carboxylic acids is 2. The van der Waals surface area contributed by atoms with E-state index in [4.69, 9.17) is 0 Å². The fourth-order valence-electron chi connectivity index (χ4n) is 8.43. The maximum Gasteiger partial charge on any atom is 0.424 e. The number of hydrogen-bond acceptors (Lipinski definition) is 2. The van der Waals surface area contributed by atoms with Crippen LogP contribution in [-0.4, -0.2) is 30.2 Å². The highest BCUT2D eigenvalue weighted by Crippen LogP contribution is 2.65. The molecule has 2 amide bonds. The van der Waals surface area contributed by atoms with Crippen LogP contribution in [0.25, 0.3) is 0 Å². The number of rotatable bonds is 3. The lowest BCUT2D eigenvalue weighted by atomic mass is 9.48. The normalized spacial score (nSPS) is 37.1. The molecule has 4 nitrogen and oxygen atoms in total. The molecule has 0 spiro atoms. The van der Waals surface area contributed by atoms with Crippen LogP contribution in [0.3, 0.4) is 0 Å². The van der Waals surface area contributed by atoms with Crippen LogP contribution in [-0.2, 0) is 15.1 Å². The zero-order chi connectivity index (χ0) is 27.7. The van der Waals surface area contributed by atoms with Crippen LogP contribution in [0.4, 0.5) is 26.3 Å². The van der Waals surface area contributed by atoms with Crippen molar-refractivity contribution in [2.45, 2.75) is 76.3 Å². The van der Waals surface area contributed by atoms with Crippen LogP contribution in [0.5, 0.6) is 0 Å². The minimum Gasteiger partial charge on any atom is -0.349 e. The monoisotopic (exact) mass is 542 g/mol. The summed E-state index contributed by atoms with van der Waals surface area (Å²) in [5.74, 6) is -1.89. The summed E-state index contributed by atoms with van der Waals surface area (Å²) in [6, 6.07) is 5.02. The van der Waals surface area contributed by atoms with Crippen LogP contribution in [0.2, 0.25) is 0 Å². The van der Waals surface area contributed by atoms with Crippen molar-refractivity contribution in [3.63, 3.8) is 0 Å². The van der Waals surface area contributed by atoms with E-state index in [1.165, 1.54) is 11.4 Å². The van der Waals surface area contributed by atoms with E-state index in [1.807, 2.05) is 13.0 Å². The van der Waals surface area contributed by atoms with Gasteiger partial charge in [0.05, 0.1) is 0 Å². The van der Waals surface area contributed by atoms with Crippen molar-refractivity contribution in [2.75, 3.05) is 0 Å². The molecule has 5 rings (SSSR count). The van der Waals surface area contributed by atoms with Gasteiger partial charge in [0, 0.05) is 17.4 Å². The third kappa shape index (κ3) is 3.79. The Morgan fingerprint density at radius 3 is 2.21 bits per heavy atom. The molecule has 3 saturated carbocycles. The Kier molecular flexibility index (Phi) is 6.23. The summed E-state index contributed by atoms with van der Waals surface area (Å²) in [6.45, 7) is 3.98. The molecule has 2 N–H and O–H groups in total. The van der Waals surface area contributed by atoms with Crippen molar-refractivity contribution in [1.29, 1.82) is 0 Å². The first-order chi connectivity index (χ1) is 17.6. The Hall–Kier alpha value is -2.52. The largest absolute Gasteiger partial charge is 0.424 e. The highest BCUT2D eigenvalue weighted by atomic mass is 19.4. The Labute approximate surface area is 217 Å². The van der Waals surface area contributed by atoms with Crippen LogP contribution >= 0.6 is 0 Å². The van der Waals surface area contributed by atoms with E-state index in [1.54, 1.807) is 6.08 Å². The Morgan fingerprint density at radius 1 is 0.921 bits per heavy atom. The molecule has 1 aromatic rings. The quantitative estimate of drug-likeness (QED) is 0.458. The van der Waals surface area contributed by atoms with Crippen molar-refractivity contribution in [3.05, 3.63) is 48.0 Å². The van der Waals surface area contributed by atoms with Gasteiger partial charge in [-0.15, -0.1) is 0 Å². The minimum absolute atomic E-state index is 0.00343. The molecule has 208 valence electrons. The topological polar surface area (TPSA) is 58.2 Å². The van der Waals surface area contributed by atoms with Crippen molar-refractivity contribution in [3.8, 4) is 0 Å². The molecule has 4 aliphatic rings. The summed E-state index contributed by atoms with van der Waals surface area (Å²) in [5, 5.41) is 4.56. The SMILES string of the molecule is CC12C=CC(=O)NC1CCC1C2CCC2(C)C(C(=O)NC(c3ccccc3)(C(F)(F)F)C(F)(F)F)CCC12. The third-order valence-electron chi connectivity index (χ3n) is 10.4. The second-order valence-electron chi connectivity index (χ2n) is 12.0.